The van der Waals surface area contributed by atoms with Gasteiger partial charge in [0.05, 0.1) is 4.88 Å². The first-order chi connectivity index (χ1) is 8.09. The molecular formula is C12H17BrN2OS. The van der Waals surface area contributed by atoms with Crippen molar-refractivity contribution in [3.05, 3.63) is 20.8 Å². The zero-order valence-electron chi connectivity index (χ0n) is 9.86. The van der Waals surface area contributed by atoms with Gasteiger partial charge in [0.2, 0.25) is 0 Å². The predicted molar refractivity (Wildman–Crippen MR) is 74.3 cm³/mol. The third-order valence-corrected chi connectivity index (χ3v) is 4.87. The number of thiophene rings is 1. The molecule has 2 atom stereocenters. The summed E-state index contributed by atoms with van der Waals surface area (Å²) in [5, 5.41) is 1.94. The maximum absolute atomic E-state index is 12.4. The number of amides is 1. The number of hydrogen-bond donors (Lipinski definition) is 1. The van der Waals surface area contributed by atoms with Crippen LogP contribution in [-0.4, -0.2) is 29.4 Å². The summed E-state index contributed by atoms with van der Waals surface area (Å²) in [7, 11) is 0. The molecule has 3 nitrogen and oxygen atoms in total. The van der Waals surface area contributed by atoms with Gasteiger partial charge in [-0.2, -0.15) is 0 Å². The van der Waals surface area contributed by atoms with E-state index in [1.807, 2.05) is 23.3 Å². The van der Waals surface area contributed by atoms with E-state index in [1.54, 1.807) is 0 Å². The van der Waals surface area contributed by atoms with Crippen molar-refractivity contribution in [2.24, 2.45) is 5.73 Å². The summed E-state index contributed by atoms with van der Waals surface area (Å²) < 4.78 is 0.972. The van der Waals surface area contributed by atoms with Crippen molar-refractivity contribution < 1.29 is 4.79 Å². The third kappa shape index (κ3) is 2.89. The SMILES string of the molecule is C[C@H](N)[C@H]1CCCCN1C(=O)c1cc(Br)cs1. The van der Waals surface area contributed by atoms with Crippen molar-refractivity contribution in [1.82, 2.24) is 4.90 Å². The van der Waals surface area contributed by atoms with Crippen LogP contribution in [0.3, 0.4) is 0 Å². The van der Waals surface area contributed by atoms with Crippen LogP contribution < -0.4 is 5.73 Å². The Bertz CT molecular complexity index is 405. The zero-order chi connectivity index (χ0) is 12.4. The van der Waals surface area contributed by atoms with Crippen LogP contribution in [-0.2, 0) is 0 Å². The van der Waals surface area contributed by atoms with E-state index < -0.39 is 0 Å². The first-order valence-corrected chi connectivity index (χ1v) is 7.57. The van der Waals surface area contributed by atoms with Gasteiger partial charge in [0.25, 0.3) is 5.91 Å². The summed E-state index contributed by atoms with van der Waals surface area (Å²) in [6.45, 7) is 2.82. The first kappa shape index (κ1) is 13.1. The number of carbonyl (C=O) groups excluding carboxylic acids is 1. The van der Waals surface area contributed by atoms with Crippen LogP contribution in [0.15, 0.2) is 15.9 Å². The lowest BCUT2D eigenvalue weighted by Gasteiger charge is -2.37. The summed E-state index contributed by atoms with van der Waals surface area (Å²) in [5.41, 5.74) is 5.98. The van der Waals surface area contributed by atoms with Crippen LogP contribution in [0.1, 0.15) is 35.9 Å². The Hall–Kier alpha value is -0.390. The van der Waals surface area contributed by atoms with Gasteiger partial charge in [-0.25, -0.2) is 0 Å². The molecule has 0 saturated carbocycles. The van der Waals surface area contributed by atoms with Crippen LogP contribution in [0.5, 0.6) is 0 Å². The van der Waals surface area contributed by atoms with E-state index in [9.17, 15) is 4.79 Å². The van der Waals surface area contributed by atoms with Crippen molar-refractivity contribution in [3.63, 3.8) is 0 Å². The van der Waals surface area contributed by atoms with E-state index in [-0.39, 0.29) is 18.0 Å². The summed E-state index contributed by atoms with van der Waals surface area (Å²) in [6, 6.07) is 2.12. The highest BCUT2D eigenvalue weighted by Gasteiger charge is 2.30. The molecule has 2 N–H and O–H groups in total. The fourth-order valence-corrected chi connectivity index (χ4v) is 3.70. The molecule has 0 radical (unpaired) electrons. The largest absolute Gasteiger partial charge is 0.333 e. The molecule has 0 aromatic carbocycles. The molecule has 1 fully saturated rings. The number of nitrogens with two attached hydrogens (primary N) is 1. The standard InChI is InChI=1S/C12H17BrN2OS/c1-8(14)10-4-2-3-5-15(10)12(16)11-6-9(13)7-17-11/h6-8,10H,2-5,14H2,1H3/t8-,10+/m0/s1. The molecule has 1 aliphatic rings. The minimum Gasteiger partial charge on any atom is -0.333 e. The lowest BCUT2D eigenvalue weighted by molar-refractivity contribution is 0.0589. The Labute approximate surface area is 114 Å². The summed E-state index contributed by atoms with van der Waals surface area (Å²) >= 11 is 4.87. The van der Waals surface area contributed by atoms with E-state index in [2.05, 4.69) is 15.9 Å². The van der Waals surface area contributed by atoms with Crippen molar-refractivity contribution in [1.29, 1.82) is 0 Å². The second-order valence-electron chi connectivity index (χ2n) is 4.55. The molecule has 2 heterocycles. The third-order valence-electron chi connectivity index (χ3n) is 3.20. The molecule has 0 bridgehead atoms. The quantitative estimate of drug-likeness (QED) is 0.912. The summed E-state index contributed by atoms with van der Waals surface area (Å²) in [5.74, 6) is 0.128. The van der Waals surface area contributed by atoms with Gasteiger partial charge in [-0.3, -0.25) is 4.79 Å². The lowest BCUT2D eigenvalue weighted by Crippen LogP contribution is -2.51. The van der Waals surface area contributed by atoms with Crippen molar-refractivity contribution in [2.75, 3.05) is 6.54 Å². The maximum atomic E-state index is 12.4. The molecule has 1 saturated heterocycles. The highest BCUT2D eigenvalue weighted by atomic mass is 79.9. The van der Waals surface area contributed by atoms with Gasteiger partial charge in [0.15, 0.2) is 0 Å². The molecule has 0 aliphatic carbocycles. The highest BCUT2D eigenvalue weighted by Crippen LogP contribution is 2.25. The maximum Gasteiger partial charge on any atom is 0.264 e. The molecule has 94 valence electrons. The molecule has 0 unspecified atom stereocenters. The van der Waals surface area contributed by atoms with E-state index in [4.69, 9.17) is 5.73 Å². The monoisotopic (exact) mass is 316 g/mol. The first-order valence-electron chi connectivity index (χ1n) is 5.90. The van der Waals surface area contributed by atoms with Crippen LogP contribution in [0, 0.1) is 0 Å². The number of piperidine rings is 1. The number of halogens is 1. The van der Waals surface area contributed by atoms with Gasteiger partial charge in [0.1, 0.15) is 0 Å². The lowest BCUT2D eigenvalue weighted by atomic mass is 9.97. The molecule has 17 heavy (non-hydrogen) atoms. The Kier molecular flexibility index (Phi) is 4.22. The van der Waals surface area contributed by atoms with E-state index in [0.29, 0.717) is 0 Å². The molecule has 1 aromatic rings. The number of carbonyl (C=O) groups is 1. The Morgan fingerprint density at radius 3 is 3.00 bits per heavy atom. The topological polar surface area (TPSA) is 46.3 Å². The normalized spacial score (nSPS) is 22.5. The van der Waals surface area contributed by atoms with Gasteiger partial charge in [-0.1, -0.05) is 0 Å². The predicted octanol–water partition coefficient (Wildman–Crippen LogP) is 2.85. The fraction of sp³-hybridized carbons (Fsp3) is 0.583. The fourth-order valence-electron chi connectivity index (χ4n) is 2.32. The molecule has 2 rings (SSSR count). The van der Waals surface area contributed by atoms with Gasteiger partial charge in [0, 0.05) is 28.5 Å². The summed E-state index contributed by atoms with van der Waals surface area (Å²) in [6.07, 6.45) is 3.28. The van der Waals surface area contributed by atoms with E-state index in [0.717, 1.165) is 28.7 Å². The number of likely N-dealkylation sites (tertiary alicyclic amines) is 1. The smallest absolute Gasteiger partial charge is 0.264 e. The van der Waals surface area contributed by atoms with E-state index >= 15 is 0 Å². The molecular weight excluding hydrogens is 300 g/mol. The minimum absolute atomic E-state index is 0.0441. The summed E-state index contributed by atoms with van der Waals surface area (Å²) in [4.78, 5) is 15.1. The van der Waals surface area contributed by atoms with Crippen molar-refractivity contribution in [3.8, 4) is 0 Å². The van der Waals surface area contributed by atoms with Crippen molar-refractivity contribution >= 4 is 33.2 Å². The molecule has 1 amide bonds. The molecule has 5 heteroatoms. The van der Waals surface area contributed by atoms with Crippen LogP contribution in [0.2, 0.25) is 0 Å². The van der Waals surface area contributed by atoms with Crippen LogP contribution in [0.4, 0.5) is 0 Å². The van der Waals surface area contributed by atoms with Crippen LogP contribution >= 0.6 is 27.3 Å². The number of hydrogen-bond acceptors (Lipinski definition) is 3. The second kappa shape index (κ2) is 5.50. The second-order valence-corrected chi connectivity index (χ2v) is 6.38. The Morgan fingerprint density at radius 2 is 2.41 bits per heavy atom. The zero-order valence-corrected chi connectivity index (χ0v) is 12.3. The molecule has 1 aliphatic heterocycles. The Morgan fingerprint density at radius 1 is 1.65 bits per heavy atom. The number of nitrogens with zero attached hydrogens (tertiary/aromatic N) is 1. The average molecular weight is 317 g/mol. The van der Waals surface area contributed by atoms with Gasteiger partial charge >= 0.3 is 0 Å². The van der Waals surface area contributed by atoms with Crippen LogP contribution in [0.25, 0.3) is 0 Å². The Balaban J connectivity index is 2.16. The molecule has 0 spiro atoms. The van der Waals surface area contributed by atoms with Crippen molar-refractivity contribution in [2.45, 2.75) is 38.3 Å². The van der Waals surface area contributed by atoms with E-state index in [1.165, 1.54) is 17.8 Å². The average Bonchev–Trinajstić information content (AvgIpc) is 2.75. The van der Waals surface area contributed by atoms with Gasteiger partial charge in [-0.05, 0) is 48.2 Å². The molecule has 1 aromatic heterocycles. The highest BCUT2D eigenvalue weighted by molar-refractivity contribution is 9.10. The van der Waals surface area contributed by atoms with Gasteiger partial charge < -0.3 is 10.6 Å². The number of rotatable bonds is 2. The minimum atomic E-state index is 0.0441. The van der Waals surface area contributed by atoms with Gasteiger partial charge in [-0.15, -0.1) is 11.3 Å².